The van der Waals surface area contributed by atoms with E-state index in [1.807, 2.05) is 25.1 Å². The van der Waals surface area contributed by atoms with Gasteiger partial charge in [-0.1, -0.05) is 6.07 Å². The van der Waals surface area contributed by atoms with Crippen molar-refractivity contribution < 1.29 is 14.3 Å². The van der Waals surface area contributed by atoms with E-state index in [2.05, 4.69) is 5.32 Å². The summed E-state index contributed by atoms with van der Waals surface area (Å²) in [6.45, 7) is 3.04. The number of nitrogens with one attached hydrogen (secondary N) is 1. The Morgan fingerprint density at radius 2 is 2.19 bits per heavy atom. The molecule has 0 unspecified atom stereocenters. The molecule has 2 rings (SSSR count). The number of carbonyl (C=O) groups is 1. The Bertz CT molecular complexity index is 599. The van der Waals surface area contributed by atoms with E-state index in [0.717, 1.165) is 16.9 Å². The molecular weight excluding hydrogens is 288 g/mol. The molecule has 1 aliphatic heterocycles. The van der Waals surface area contributed by atoms with Crippen LogP contribution in [0.2, 0.25) is 0 Å². The van der Waals surface area contributed by atoms with Gasteiger partial charge in [-0.05, 0) is 42.9 Å². The molecule has 1 amide bonds. The zero-order valence-electron chi connectivity index (χ0n) is 12.3. The molecule has 5 nitrogen and oxygen atoms in total. The van der Waals surface area contributed by atoms with Gasteiger partial charge in [0.05, 0.1) is 13.7 Å². The molecular formula is C15H18N2O3S. The average molecular weight is 306 g/mol. The lowest BCUT2D eigenvalue weighted by Gasteiger charge is -2.09. The van der Waals surface area contributed by atoms with Crippen LogP contribution in [0.3, 0.4) is 0 Å². The molecule has 0 aliphatic carbocycles. The van der Waals surface area contributed by atoms with Crippen LogP contribution in [0.25, 0.3) is 6.08 Å². The van der Waals surface area contributed by atoms with E-state index in [-0.39, 0.29) is 5.91 Å². The summed E-state index contributed by atoms with van der Waals surface area (Å²) in [6, 6.07) is 5.69. The number of carbonyl (C=O) groups excluding carboxylic acids is 1. The second kappa shape index (κ2) is 6.69. The molecule has 1 saturated heterocycles. The van der Waals surface area contributed by atoms with Crippen molar-refractivity contribution in [2.45, 2.75) is 13.5 Å². The Morgan fingerprint density at radius 3 is 2.76 bits per heavy atom. The number of thiocarbonyl (C=S) groups is 1. The van der Waals surface area contributed by atoms with Crippen molar-refractivity contribution in [1.82, 2.24) is 10.2 Å². The fraction of sp³-hybridized carbons (Fsp3) is 0.333. The monoisotopic (exact) mass is 306 g/mol. The number of hydrogen-bond donors (Lipinski definition) is 1. The highest BCUT2D eigenvalue weighted by Crippen LogP contribution is 2.23. The van der Waals surface area contributed by atoms with Gasteiger partial charge in [-0.25, -0.2) is 0 Å². The number of amides is 1. The van der Waals surface area contributed by atoms with Crippen molar-refractivity contribution in [2.75, 3.05) is 20.8 Å². The molecule has 112 valence electrons. The maximum atomic E-state index is 12.0. The molecule has 1 fully saturated rings. The summed E-state index contributed by atoms with van der Waals surface area (Å²) in [5, 5.41) is 3.31. The fourth-order valence-corrected chi connectivity index (χ4v) is 2.20. The molecule has 1 N–H and O–H groups in total. The first-order chi connectivity index (χ1) is 10.1. The van der Waals surface area contributed by atoms with E-state index in [4.69, 9.17) is 21.7 Å². The van der Waals surface area contributed by atoms with Crippen LogP contribution < -0.4 is 10.1 Å². The Morgan fingerprint density at radius 1 is 1.43 bits per heavy atom. The van der Waals surface area contributed by atoms with Crippen LogP contribution in [0.4, 0.5) is 0 Å². The van der Waals surface area contributed by atoms with Crippen LogP contribution >= 0.6 is 12.2 Å². The Kier molecular flexibility index (Phi) is 4.93. The van der Waals surface area contributed by atoms with E-state index < -0.39 is 0 Å². The number of nitrogens with zero attached hydrogens (tertiary/aromatic N) is 1. The maximum Gasteiger partial charge on any atom is 0.276 e. The number of ether oxygens (including phenoxy) is 2. The van der Waals surface area contributed by atoms with Crippen LogP contribution in [0.1, 0.15) is 18.1 Å². The van der Waals surface area contributed by atoms with Crippen molar-refractivity contribution >= 4 is 29.3 Å². The minimum absolute atomic E-state index is 0.137. The highest BCUT2D eigenvalue weighted by molar-refractivity contribution is 7.80. The molecule has 21 heavy (non-hydrogen) atoms. The minimum atomic E-state index is -0.137. The van der Waals surface area contributed by atoms with Gasteiger partial charge in [0.1, 0.15) is 11.4 Å². The lowest BCUT2D eigenvalue weighted by atomic mass is 10.1. The molecule has 0 radical (unpaired) electrons. The second-order valence-electron chi connectivity index (χ2n) is 4.56. The Balaban J connectivity index is 2.28. The quantitative estimate of drug-likeness (QED) is 0.665. The highest BCUT2D eigenvalue weighted by Gasteiger charge is 2.26. The number of rotatable bonds is 5. The summed E-state index contributed by atoms with van der Waals surface area (Å²) in [5.74, 6) is 0.631. The van der Waals surface area contributed by atoms with E-state index in [9.17, 15) is 4.79 Å². The first kappa shape index (κ1) is 15.5. The van der Waals surface area contributed by atoms with Gasteiger partial charge in [0.15, 0.2) is 5.11 Å². The van der Waals surface area contributed by atoms with Crippen LogP contribution in [0.15, 0.2) is 23.9 Å². The zero-order chi connectivity index (χ0) is 15.4. The topological polar surface area (TPSA) is 50.8 Å². The smallest absolute Gasteiger partial charge is 0.276 e. The molecule has 6 heteroatoms. The molecule has 0 aromatic heterocycles. The van der Waals surface area contributed by atoms with Crippen LogP contribution in [0.5, 0.6) is 5.75 Å². The molecule has 0 saturated carbocycles. The third kappa shape index (κ3) is 3.40. The maximum absolute atomic E-state index is 12.0. The largest absolute Gasteiger partial charge is 0.496 e. The summed E-state index contributed by atoms with van der Waals surface area (Å²) < 4.78 is 10.7. The molecule has 1 aliphatic rings. The summed E-state index contributed by atoms with van der Waals surface area (Å²) >= 11 is 5.05. The van der Waals surface area contributed by atoms with Gasteiger partial charge in [0.25, 0.3) is 5.91 Å². The van der Waals surface area contributed by atoms with Gasteiger partial charge in [-0.15, -0.1) is 0 Å². The molecule has 1 heterocycles. The molecule has 0 bridgehead atoms. The van der Waals surface area contributed by atoms with Crippen molar-refractivity contribution in [3.63, 3.8) is 0 Å². The lowest BCUT2D eigenvalue weighted by molar-refractivity contribution is -0.121. The van der Waals surface area contributed by atoms with E-state index >= 15 is 0 Å². The summed E-state index contributed by atoms with van der Waals surface area (Å²) in [5.41, 5.74) is 2.30. The van der Waals surface area contributed by atoms with E-state index in [0.29, 0.717) is 24.0 Å². The van der Waals surface area contributed by atoms with E-state index in [1.54, 1.807) is 20.2 Å². The van der Waals surface area contributed by atoms with E-state index in [1.165, 1.54) is 4.90 Å². The second-order valence-corrected chi connectivity index (χ2v) is 4.95. The summed E-state index contributed by atoms with van der Waals surface area (Å²) in [6.07, 6.45) is 1.77. The van der Waals surface area contributed by atoms with Crippen LogP contribution in [0, 0.1) is 0 Å². The lowest BCUT2D eigenvalue weighted by Crippen LogP contribution is -2.25. The highest BCUT2D eigenvalue weighted by atomic mass is 32.1. The van der Waals surface area contributed by atoms with Gasteiger partial charge < -0.3 is 14.8 Å². The van der Waals surface area contributed by atoms with Crippen molar-refractivity contribution in [2.24, 2.45) is 0 Å². The van der Waals surface area contributed by atoms with Gasteiger partial charge in [0.2, 0.25) is 0 Å². The molecule has 1 aromatic carbocycles. The number of methoxy groups -OCH3 is 1. The van der Waals surface area contributed by atoms with Gasteiger partial charge in [-0.3, -0.25) is 9.69 Å². The third-order valence-electron chi connectivity index (χ3n) is 3.16. The normalized spacial score (nSPS) is 16.5. The van der Waals surface area contributed by atoms with Crippen molar-refractivity contribution in [3.05, 3.63) is 35.0 Å². The first-order valence-electron chi connectivity index (χ1n) is 6.62. The predicted molar refractivity (Wildman–Crippen MR) is 84.8 cm³/mol. The number of benzene rings is 1. The number of likely N-dealkylation sites (N-methyl/N-ethyl adjacent to an activating group) is 1. The summed E-state index contributed by atoms with van der Waals surface area (Å²) in [7, 11) is 3.27. The Labute approximate surface area is 129 Å². The van der Waals surface area contributed by atoms with Crippen molar-refractivity contribution in [1.29, 1.82) is 0 Å². The summed E-state index contributed by atoms with van der Waals surface area (Å²) in [4.78, 5) is 13.4. The average Bonchev–Trinajstić information content (AvgIpc) is 2.72. The van der Waals surface area contributed by atoms with Gasteiger partial charge in [-0.2, -0.15) is 0 Å². The standard InChI is InChI=1S/C15H18N2O3S/c1-4-20-9-11-7-10(5-6-13(11)19-3)8-12-14(18)17(2)15(21)16-12/h5-8H,4,9H2,1-3H3,(H,16,21)/b12-8+. The molecule has 0 spiro atoms. The molecule has 0 atom stereocenters. The first-order valence-corrected chi connectivity index (χ1v) is 7.03. The number of hydrogen-bond acceptors (Lipinski definition) is 4. The van der Waals surface area contributed by atoms with Crippen molar-refractivity contribution in [3.8, 4) is 5.75 Å². The zero-order valence-corrected chi connectivity index (χ0v) is 13.1. The molecule has 1 aromatic rings. The van der Waals surface area contributed by atoms with Gasteiger partial charge >= 0.3 is 0 Å². The third-order valence-corrected chi connectivity index (χ3v) is 3.53. The Hall–Kier alpha value is -1.92. The predicted octanol–water partition coefficient (Wildman–Crippen LogP) is 1.92. The van der Waals surface area contributed by atoms with Crippen LogP contribution in [-0.4, -0.2) is 36.7 Å². The SMILES string of the molecule is CCOCc1cc(/C=C2/NC(=S)N(C)C2=O)ccc1OC. The van der Waals surface area contributed by atoms with Gasteiger partial charge in [0, 0.05) is 19.2 Å². The fourth-order valence-electron chi connectivity index (χ4n) is 2.00. The van der Waals surface area contributed by atoms with Crippen LogP contribution in [-0.2, 0) is 16.1 Å². The minimum Gasteiger partial charge on any atom is -0.496 e.